The molecule has 0 saturated carbocycles. The van der Waals surface area contributed by atoms with Crippen molar-refractivity contribution in [2.24, 2.45) is 0 Å². The Labute approximate surface area is 187 Å². The number of halogens is 2. The Morgan fingerprint density at radius 1 is 1.17 bits per heavy atom. The average molecular weight is 487 g/mol. The summed E-state index contributed by atoms with van der Waals surface area (Å²) in [6, 6.07) is 12.9. The minimum absolute atomic E-state index is 0.0135. The topological polar surface area (TPSA) is 110 Å². The van der Waals surface area contributed by atoms with Crippen LogP contribution < -0.4 is 14.8 Å². The quantitative estimate of drug-likeness (QED) is 0.467. The van der Waals surface area contributed by atoms with Gasteiger partial charge in [-0.2, -0.15) is 0 Å². The first kappa shape index (κ1) is 22.4. The van der Waals surface area contributed by atoms with Gasteiger partial charge in [-0.1, -0.05) is 52.7 Å². The van der Waals surface area contributed by atoms with Gasteiger partial charge in [0, 0.05) is 5.02 Å². The summed E-state index contributed by atoms with van der Waals surface area (Å²) in [5.41, 5.74) is 0.172. The van der Waals surface area contributed by atoms with E-state index < -0.39 is 22.0 Å². The smallest absolute Gasteiger partial charge is 0.270 e. The number of hydrogen-bond donors (Lipinski definition) is 2. The maximum Gasteiger partial charge on any atom is 0.270 e. The molecule has 1 atom stereocenters. The molecule has 30 heavy (non-hydrogen) atoms. The minimum Gasteiger partial charge on any atom is -0.492 e. The zero-order valence-corrected chi connectivity index (χ0v) is 18.6. The molecule has 0 unspecified atom stereocenters. The van der Waals surface area contributed by atoms with Crippen LogP contribution in [0.4, 0.5) is 5.13 Å². The fourth-order valence-electron chi connectivity index (χ4n) is 2.29. The summed E-state index contributed by atoms with van der Waals surface area (Å²) in [6.45, 7) is 1.79. The lowest BCUT2D eigenvalue weighted by atomic mass is 10.2. The minimum atomic E-state index is -3.94. The van der Waals surface area contributed by atoms with Crippen LogP contribution in [0.15, 0.2) is 52.9 Å². The van der Waals surface area contributed by atoms with Gasteiger partial charge in [-0.3, -0.25) is 10.1 Å². The summed E-state index contributed by atoms with van der Waals surface area (Å²) in [4.78, 5) is 12.3. The molecular formula is C18H16Cl2N4O4S2. The van der Waals surface area contributed by atoms with Crippen LogP contribution >= 0.6 is 34.5 Å². The van der Waals surface area contributed by atoms with E-state index in [2.05, 4.69) is 20.2 Å². The Morgan fingerprint density at radius 3 is 2.60 bits per heavy atom. The van der Waals surface area contributed by atoms with Crippen molar-refractivity contribution in [2.75, 3.05) is 11.9 Å². The molecule has 0 spiro atoms. The molecule has 3 rings (SSSR count). The number of para-hydroxylation sites is 1. The molecule has 0 saturated heterocycles. The van der Waals surface area contributed by atoms with Crippen molar-refractivity contribution in [2.45, 2.75) is 17.3 Å². The number of carbonyl (C=O) groups excluding carboxylic acids is 1. The first-order valence-corrected chi connectivity index (χ1v) is 11.6. The highest BCUT2D eigenvalue weighted by Gasteiger charge is 2.24. The average Bonchev–Trinajstić information content (AvgIpc) is 3.16. The number of anilines is 1. The molecule has 2 N–H and O–H groups in total. The number of benzene rings is 2. The Morgan fingerprint density at radius 2 is 1.90 bits per heavy atom. The van der Waals surface area contributed by atoms with Crippen molar-refractivity contribution in [3.05, 3.63) is 64.1 Å². The van der Waals surface area contributed by atoms with E-state index in [-0.39, 0.29) is 26.7 Å². The fraction of sp³-hybridized carbons (Fsp3) is 0.167. The largest absolute Gasteiger partial charge is 0.492 e. The van der Waals surface area contributed by atoms with Gasteiger partial charge in [-0.15, -0.1) is 10.2 Å². The van der Waals surface area contributed by atoms with E-state index in [4.69, 9.17) is 27.9 Å². The predicted molar refractivity (Wildman–Crippen MR) is 116 cm³/mol. The molecular weight excluding hydrogens is 471 g/mol. The second kappa shape index (κ2) is 9.71. The van der Waals surface area contributed by atoms with Crippen LogP contribution in [0, 0.1) is 0 Å². The normalized spacial score (nSPS) is 12.4. The van der Waals surface area contributed by atoms with Crippen LogP contribution in [0.5, 0.6) is 5.75 Å². The lowest BCUT2D eigenvalue weighted by Gasteiger charge is -2.13. The summed E-state index contributed by atoms with van der Waals surface area (Å²) < 4.78 is 32.7. The van der Waals surface area contributed by atoms with Crippen molar-refractivity contribution in [1.29, 1.82) is 0 Å². The third-order valence-corrected chi connectivity index (χ3v) is 6.98. The van der Waals surface area contributed by atoms with Gasteiger partial charge >= 0.3 is 0 Å². The van der Waals surface area contributed by atoms with Crippen LogP contribution in [0.25, 0.3) is 0 Å². The highest BCUT2D eigenvalue weighted by Crippen LogP contribution is 2.24. The van der Waals surface area contributed by atoms with Crippen LogP contribution in [0.2, 0.25) is 10.0 Å². The highest BCUT2D eigenvalue weighted by molar-refractivity contribution is 7.91. The van der Waals surface area contributed by atoms with Crippen LogP contribution in [-0.2, 0) is 10.0 Å². The highest BCUT2D eigenvalue weighted by atomic mass is 35.5. The van der Waals surface area contributed by atoms with E-state index in [1.54, 1.807) is 19.1 Å². The third kappa shape index (κ3) is 5.89. The van der Waals surface area contributed by atoms with E-state index in [1.807, 2.05) is 18.2 Å². The number of nitrogens with zero attached hydrogens (tertiary/aromatic N) is 2. The number of nitrogens with one attached hydrogen (secondary N) is 2. The standard InChI is InChI=1S/C18H16Cl2N4O4S2/c1-11(10-28-13-5-3-2-4-6-13)24-30(26,27)18-23-22-17(29-18)21-16(25)14-8-7-12(19)9-15(14)20/h2-9,11,24H,10H2,1H3,(H,21,22,25)/t11-/m1/s1. The van der Waals surface area contributed by atoms with Gasteiger partial charge in [-0.25, -0.2) is 13.1 Å². The monoisotopic (exact) mass is 486 g/mol. The number of rotatable bonds is 8. The van der Waals surface area contributed by atoms with E-state index in [0.29, 0.717) is 22.1 Å². The summed E-state index contributed by atoms with van der Waals surface area (Å²) in [5, 5.41) is 10.4. The number of aromatic nitrogens is 2. The van der Waals surface area contributed by atoms with E-state index in [9.17, 15) is 13.2 Å². The van der Waals surface area contributed by atoms with E-state index >= 15 is 0 Å². The molecule has 0 radical (unpaired) electrons. The summed E-state index contributed by atoms with van der Waals surface area (Å²) >= 11 is 12.5. The van der Waals surface area contributed by atoms with Gasteiger partial charge in [0.15, 0.2) is 0 Å². The van der Waals surface area contributed by atoms with Crippen molar-refractivity contribution >= 4 is 55.6 Å². The SMILES string of the molecule is C[C@H](COc1ccccc1)NS(=O)(=O)c1nnc(NC(=O)c2ccc(Cl)cc2Cl)s1. The van der Waals surface area contributed by atoms with Crippen LogP contribution in [0.1, 0.15) is 17.3 Å². The molecule has 0 aliphatic rings. The molecule has 12 heteroatoms. The molecule has 8 nitrogen and oxygen atoms in total. The molecule has 3 aromatic rings. The Balaban J connectivity index is 1.61. The molecule has 2 aromatic carbocycles. The molecule has 0 fully saturated rings. The number of hydrogen-bond acceptors (Lipinski definition) is 7. The Bertz CT molecular complexity index is 1140. The van der Waals surface area contributed by atoms with Gasteiger partial charge in [0.25, 0.3) is 15.9 Å². The predicted octanol–water partition coefficient (Wildman–Crippen LogP) is 3.84. The number of ether oxygens (including phenoxy) is 1. The zero-order chi connectivity index (χ0) is 21.7. The summed E-state index contributed by atoms with van der Waals surface area (Å²) in [5.74, 6) is 0.0691. The van der Waals surface area contributed by atoms with Crippen LogP contribution in [0.3, 0.4) is 0 Å². The number of carbonyl (C=O) groups is 1. The Kier molecular flexibility index (Phi) is 7.27. The maximum atomic E-state index is 12.5. The van der Waals surface area contributed by atoms with Gasteiger partial charge < -0.3 is 4.74 Å². The lowest BCUT2D eigenvalue weighted by Crippen LogP contribution is -2.36. The summed E-state index contributed by atoms with van der Waals surface area (Å²) in [6.07, 6.45) is 0. The summed E-state index contributed by atoms with van der Waals surface area (Å²) in [7, 11) is -3.94. The van der Waals surface area contributed by atoms with Gasteiger partial charge in [0.05, 0.1) is 16.6 Å². The second-order valence-electron chi connectivity index (χ2n) is 6.10. The van der Waals surface area contributed by atoms with Crippen molar-refractivity contribution in [3.8, 4) is 5.75 Å². The molecule has 158 valence electrons. The van der Waals surface area contributed by atoms with Crippen LogP contribution in [-0.4, -0.2) is 37.2 Å². The number of amides is 1. The third-order valence-electron chi connectivity index (χ3n) is 3.63. The number of sulfonamides is 1. The zero-order valence-electron chi connectivity index (χ0n) is 15.5. The Hall–Kier alpha value is -2.24. The molecule has 0 aliphatic carbocycles. The molecule has 0 bridgehead atoms. The van der Waals surface area contributed by atoms with Crippen molar-refractivity contribution < 1.29 is 17.9 Å². The fourth-order valence-corrected chi connectivity index (χ4v) is 4.93. The molecule has 1 aromatic heterocycles. The van der Waals surface area contributed by atoms with E-state index in [1.165, 1.54) is 18.2 Å². The lowest BCUT2D eigenvalue weighted by molar-refractivity contribution is 0.102. The van der Waals surface area contributed by atoms with Gasteiger partial charge in [-0.05, 0) is 37.3 Å². The van der Waals surface area contributed by atoms with Gasteiger partial charge in [0.2, 0.25) is 9.47 Å². The van der Waals surface area contributed by atoms with Crippen molar-refractivity contribution in [1.82, 2.24) is 14.9 Å². The maximum absolute atomic E-state index is 12.5. The van der Waals surface area contributed by atoms with E-state index in [0.717, 1.165) is 0 Å². The van der Waals surface area contributed by atoms with Gasteiger partial charge in [0.1, 0.15) is 12.4 Å². The molecule has 1 heterocycles. The van der Waals surface area contributed by atoms with Crippen molar-refractivity contribution in [3.63, 3.8) is 0 Å². The molecule has 1 amide bonds. The first-order valence-electron chi connectivity index (χ1n) is 8.54. The molecule has 0 aliphatic heterocycles. The second-order valence-corrected chi connectivity index (χ2v) is 9.81. The first-order chi connectivity index (χ1) is 14.2.